The zero-order valence-electron chi connectivity index (χ0n) is 13.0. The highest BCUT2D eigenvalue weighted by Crippen LogP contribution is 2.27. The SMILES string of the molecule is CCNC/C=C(\C)c1cc2cc(-c3nnn(C)n3)ccc2o1. The Morgan fingerprint density at radius 2 is 2.23 bits per heavy atom. The molecule has 6 heteroatoms. The Labute approximate surface area is 128 Å². The van der Waals surface area contributed by atoms with Gasteiger partial charge in [0.05, 0.1) is 7.05 Å². The van der Waals surface area contributed by atoms with Gasteiger partial charge in [-0.3, -0.25) is 0 Å². The molecule has 0 unspecified atom stereocenters. The first-order valence-corrected chi connectivity index (χ1v) is 7.33. The topological polar surface area (TPSA) is 68.8 Å². The van der Waals surface area contributed by atoms with E-state index in [1.807, 2.05) is 24.3 Å². The summed E-state index contributed by atoms with van der Waals surface area (Å²) in [7, 11) is 1.75. The molecule has 1 aromatic carbocycles. The smallest absolute Gasteiger partial charge is 0.204 e. The summed E-state index contributed by atoms with van der Waals surface area (Å²) >= 11 is 0. The van der Waals surface area contributed by atoms with Crippen LogP contribution in [0.5, 0.6) is 0 Å². The van der Waals surface area contributed by atoms with E-state index in [0.29, 0.717) is 5.82 Å². The Bertz CT molecular complexity index is 815. The number of tetrazole rings is 1. The number of aryl methyl sites for hydroxylation is 1. The molecule has 0 aliphatic heterocycles. The van der Waals surface area contributed by atoms with Gasteiger partial charge < -0.3 is 9.73 Å². The number of rotatable bonds is 5. The molecule has 0 bridgehead atoms. The van der Waals surface area contributed by atoms with E-state index in [4.69, 9.17) is 4.42 Å². The summed E-state index contributed by atoms with van der Waals surface area (Å²) in [6.45, 7) is 5.94. The normalized spacial score (nSPS) is 12.2. The van der Waals surface area contributed by atoms with Crippen molar-refractivity contribution in [1.29, 1.82) is 0 Å². The van der Waals surface area contributed by atoms with Gasteiger partial charge in [0.25, 0.3) is 0 Å². The van der Waals surface area contributed by atoms with Crippen LogP contribution in [0.3, 0.4) is 0 Å². The summed E-state index contributed by atoms with van der Waals surface area (Å²) < 4.78 is 5.90. The number of nitrogens with one attached hydrogen (secondary N) is 1. The van der Waals surface area contributed by atoms with Crippen molar-refractivity contribution in [3.63, 3.8) is 0 Å². The fourth-order valence-corrected chi connectivity index (χ4v) is 2.25. The third kappa shape index (κ3) is 2.92. The van der Waals surface area contributed by atoms with Gasteiger partial charge in [0.2, 0.25) is 5.82 Å². The van der Waals surface area contributed by atoms with Crippen molar-refractivity contribution in [1.82, 2.24) is 25.5 Å². The maximum Gasteiger partial charge on any atom is 0.204 e. The molecule has 0 atom stereocenters. The largest absolute Gasteiger partial charge is 0.456 e. The van der Waals surface area contributed by atoms with Crippen molar-refractivity contribution in [3.05, 3.63) is 36.1 Å². The second-order valence-corrected chi connectivity index (χ2v) is 5.16. The van der Waals surface area contributed by atoms with Crippen LogP contribution in [0.25, 0.3) is 27.9 Å². The summed E-state index contributed by atoms with van der Waals surface area (Å²) in [4.78, 5) is 1.45. The van der Waals surface area contributed by atoms with Crippen molar-refractivity contribution >= 4 is 16.5 Å². The number of hydrogen-bond acceptors (Lipinski definition) is 5. The quantitative estimate of drug-likeness (QED) is 0.733. The lowest BCUT2D eigenvalue weighted by Crippen LogP contribution is -2.11. The molecule has 0 saturated heterocycles. The highest BCUT2D eigenvalue weighted by Gasteiger charge is 2.09. The molecule has 3 rings (SSSR count). The fraction of sp³-hybridized carbons (Fsp3) is 0.312. The van der Waals surface area contributed by atoms with E-state index >= 15 is 0 Å². The van der Waals surface area contributed by atoms with Crippen LogP contribution < -0.4 is 5.32 Å². The molecule has 0 spiro atoms. The van der Waals surface area contributed by atoms with Crippen LogP contribution in [-0.4, -0.2) is 33.3 Å². The van der Waals surface area contributed by atoms with E-state index in [0.717, 1.165) is 41.0 Å². The minimum atomic E-state index is 0.617. The predicted molar refractivity (Wildman–Crippen MR) is 86.2 cm³/mol. The van der Waals surface area contributed by atoms with Gasteiger partial charge in [-0.15, -0.1) is 10.2 Å². The van der Waals surface area contributed by atoms with Gasteiger partial charge in [0.15, 0.2) is 0 Å². The van der Waals surface area contributed by atoms with Gasteiger partial charge in [-0.2, -0.15) is 4.80 Å². The van der Waals surface area contributed by atoms with Crippen molar-refractivity contribution in [2.45, 2.75) is 13.8 Å². The number of likely N-dealkylation sites (N-methyl/N-ethyl adjacent to an activating group) is 1. The minimum absolute atomic E-state index is 0.617. The van der Waals surface area contributed by atoms with Crippen LogP contribution in [0, 0.1) is 0 Å². The van der Waals surface area contributed by atoms with E-state index < -0.39 is 0 Å². The molecule has 2 aromatic heterocycles. The van der Waals surface area contributed by atoms with Crippen LogP contribution in [0.15, 0.2) is 34.8 Å². The average Bonchev–Trinajstić information content (AvgIpc) is 3.12. The van der Waals surface area contributed by atoms with Crippen molar-refractivity contribution < 1.29 is 4.42 Å². The standard InChI is InChI=1S/C16H19N5O/c1-4-17-8-7-11(2)15-10-13-9-12(5-6-14(13)22-15)16-18-20-21(3)19-16/h5-7,9-10,17H,4,8H2,1-3H3/b11-7+. The maximum absolute atomic E-state index is 5.90. The molecule has 2 heterocycles. The van der Waals surface area contributed by atoms with Gasteiger partial charge >= 0.3 is 0 Å². The number of furan rings is 1. The van der Waals surface area contributed by atoms with Crippen LogP contribution in [0.4, 0.5) is 0 Å². The van der Waals surface area contributed by atoms with Gasteiger partial charge in [-0.05, 0) is 48.5 Å². The molecule has 0 saturated carbocycles. The lowest BCUT2D eigenvalue weighted by Gasteiger charge is -1.97. The first-order valence-electron chi connectivity index (χ1n) is 7.33. The second kappa shape index (κ2) is 6.11. The Morgan fingerprint density at radius 1 is 1.36 bits per heavy atom. The van der Waals surface area contributed by atoms with Crippen LogP contribution in [-0.2, 0) is 7.05 Å². The Balaban J connectivity index is 1.91. The molecule has 0 aliphatic rings. The number of allylic oxidation sites excluding steroid dienone is 1. The first-order chi connectivity index (χ1) is 10.7. The van der Waals surface area contributed by atoms with Crippen LogP contribution in [0.2, 0.25) is 0 Å². The summed E-state index contributed by atoms with van der Waals surface area (Å²) in [5.41, 5.74) is 2.91. The molecule has 6 nitrogen and oxygen atoms in total. The van der Waals surface area contributed by atoms with Gasteiger partial charge in [0, 0.05) is 17.5 Å². The number of hydrogen-bond donors (Lipinski definition) is 1. The van der Waals surface area contributed by atoms with Gasteiger partial charge in [0.1, 0.15) is 11.3 Å². The molecule has 0 fully saturated rings. The molecule has 22 heavy (non-hydrogen) atoms. The minimum Gasteiger partial charge on any atom is -0.456 e. The highest BCUT2D eigenvalue weighted by molar-refractivity contribution is 5.85. The molecule has 1 N–H and O–H groups in total. The molecular formula is C16H19N5O. The molecule has 114 valence electrons. The fourth-order valence-electron chi connectivity index (χ4n) is 2.25. The van der Waals surface area contributed by atoms with Gasteiger partial charge in [-0.1, -0.05) is 13.0 Å². The predicted octanol–water partition coefficient (Wildman–Crippen LogP) is 2.64. The highest BCUT2D eigenvalue weighted by atomic mass is 16.3. The summed E-state index contributed by atoms with van der Waals surface area (Å²) in [5, 5.41) is 16.4. The van der Waals surface area contributed by atoms with Crippen LogP contribution >= 0.6 is 0 Å². The summed E-state index contributed by atoms with van der Waals surface area (Å²) in [6, 6.07) is 7.97. The Hall–Kier alpha value is -2.47. The van der Waals surface area contributed by atoms with Crippen molar-refractivity contribution in [3.8, 4) is 11.4 Å². The summed E-state index contributed by atoms with van der Waals surface area (Å²) in [5.74, 6) is 1.50. The average molecular weight is 297 g/mol. The number of fused-ring (bicyclic) bond motifs is 1. The lowest BCUT2D eigenvalue weighted by atomic mass is 10.1. The summed E-state index contributed by atoms with van der Waals surface area (Å²) in [6.07, 6.45) is 2.13. The van der Waals surface area contributed by atoms with Gasteiger partial charge in [-0.25, -0.2) is 0 Å². The van der Waals surface area contributed by atoms with Crippen LogP contribution in [0.1, 0.15) is 19.6 Å². The van der Waals surface area contributed by atoms with E-state index in [-0.39, 0.29) is 0 Å². The third-order valence-electron chi connectivity index (χ3n) is 3.47. The van der Waals surface area contributed by atoms with E-state index in [2.05, 4.69) is 40.7 Å². The molecule has 0 amide bonds. The van der Waals surface area contributed by atoms with E-state index in [1.54, 1.807) is 7.05 Å². The number of nitrogens with zero attached hydrogens (tertiary/aromatic N) is 4. The zero-order valence-corrected chi connectivity index (χ0v) is 13.0. The van der Waals surface area contributed by atoms with E-state index in [9.17, 15) is 0 Å². The van der Waals surface area contributed by atoms with Crippen molar-refractivity contribution in [2.24, 2.45) is 7.05 Å². The third-order valence-corrected chi connectivity index (χ3v) is 3.47. The number of benzene rings is 1. The van der Waals surface area contributed by atoms with E-state index in [1.165, 1.54) is 4.80 Å². The zero-order chi connectivity index (χ0) is 15.5. The monoisotopic (exact) mass is 297 g/mol. The molecule has 0 aliphatic carbocycles. The second-order valence-electron chi connectivity index (χ2n) is 5.16. The first kappa shape index (κ1) is 14.5. The Morgan fingerprint density at radius 3 is 2.95 bits per heavy atom. The number of aromatic nitrogens is 4. The molecular weight excluding hydrogens is 278 g/mol. The molecule has 3 aromatic rings. The van der Waals surface area contributed by atoms with Crippen molar-refractivity contribution in [2.75, 3.05) is 13.1 Å². The lowest BCUT2D eigenvalue weighted by molar-refractivity contribution is 0.599. The Kier molecular flexibility index (Phi) is 4.02. The maximum atomic E-state index is 5.90. The molecule has 0 radical (unpaired) electrons.